The van der Waals surface area contributed by atoms with E-state index >= 15 is 0 Å². The van der Waals surface area contributed by atoms with Crippen LogP contribution in [0.3, 0.4) is 0 Å². The molecule has 0 spiro atoms. The molecule has 1 fully saturated rings. The van der Waals surface area contributed by atoms with Gasteiger partial charge in [0.15, 0.2) is 6.10 Å². The second-order valence-electron chi connectivity index (χ2n) is 5.82. The van der Waals surface area contributed by atoms with Crippen LogP contribution >= 0.6 is 11.6 Å². The number of methoxy groups -OCH3 is 1. The first-order valence-electron chi connectivity index (χ1n) is 7.83. The summed E-state index contributed by atoms with van der Waals surface area (Å²) < 4.78 is 10.4. The Balaban J connectivity index is 1.89. The summed E-state index contributed by atoms with van der Waals surface area (Å²) >= 11 is 5.92. The molecule has 0 heterocycles. The Morgan fingerprint density at radius 2 is 2.04 bits per heavy atom. The van der Waals surface area contributed by atoms with Crippen molar-refractivity contribution in [2.24, 2.45) is 5.92 Å². The number of halogens is 1. The second-order valence-corrected chi connectivity index (χ2v) is 6.26. The quantitative estimate of drug-likeness (QED) is 0.801. The topological polar surface area (TPSA) is 64.6 Å². The normalized spacial score (nSPS) is 16.0. The van der Waals surface area contributed by atoms with Gasteiger partial charge in [0.25, 0.3) is 5.91 Å². The summed E-state index contributed by atoms with van der Waals surface area (Å²) in [6.07, 6.45) is 3.99. The monoisotopic (exact) mass is 339 g/mol. The Labute approximate surface area is 141 Å². The third kappa shape index (κ3) is 5.13. The van der Waals surface area contributed by atoms with Gasteiger partial charge in [0.1, 0.15) is 5.75 Å². The number of esters is 1. The molecule has 1 aliphatic rings. The minimum atomic E-state index is -0.868. The van der Waals surface area contributed by atoms with Crippen molar-refractivity contribution in [3.05, 3.63) is 23.2 Å². The maximum Gasteiger partial charge on any atom is 0.306 e. The van der Waals surface area contributed by atoms with Gasteiger partial charge in [-0.05, 0) is 43.9 Å². The van der Waals surface area contributed by atoms with Gasteiger partial charge in [-0.1, -0.05) is 24.4 Å². The van der Waals surface area contributed by atoms with Crippen LogP contribution in [0.15, 0.2) is 18.2 Å². The second kappa shape index (κ2) is 8.20. The maximum atomic E-state index is 12.2. The van der Waals surface area contributed by atoms with E-state index in [0.29, 0.717) is 28.8 Å². The van der Waals surface area contributed by atoms with Gasteiger partial charge >= 0.3 is 5.97 Å². The first kappa shape index (κ1) is 17.6. The zero-order chi connectivity index (χ0) is 16.8. The van der Waals surface area contributed by atoms with E-state index in [1.165, 1.54) is 20.0 Å². The Morgan fingerprint density at radius 1 is 1.35 bits per heavy atom. The minimum Gasteiger partial charge on any atom is -0.495 e. The molecule has 0 aromatic heterocycles. The molecule has 0 bridgehead atoms. The molecule has 1 atom stereocenters. The van der Waals surface area contributed by atoms with E-state index in [9.17, 15) is 9.59 Å². The smallest absolute Gasteiger partial charge is 0.306 e. The fourth-order valence-electron chi connectivity index (χ4n) is 2.76. The molecule has 1 aromatic carbocycles. The van der Waals surface area contributed by atoms with Crippen LogP contribution in [0.4, 0.5) is 5.69 Å². The number of ether oxygens (including phenoxy) is 2. The average Bonchev–Trinajstić information content (AvgIpc) is 3.00. The molecule has 1 amide bonds. The van der Waals surface area contributed by atoms with E-state index in [1.807, 2.05) is 0 Å². The fraction of sp³-hybridized carbons (Fsp3) is 0.529. The van der Waals surface area contributed by atoms with Crippen molar-refractivity contribution in [2.45, 2.75) is 45.1 Å². The SMILES string of the molecule is COc1ccc(Cl)cc1NC(=O)[C@H](C)OC(=O)CC1CCCC1. The van der Waals surface area contributed by atoms with Gasteiger partial charge in [0.05, 0.1) is 12.8 Å². The highest BCUT2D eigenvalue weighted by atomic mass is 35.5. The number of carbonyl (C=O) groups is 2. The third-order valence-corrected chi connectivity index (χ3v) is 4.26. The first-order valence-corrected chi connectivity index (χ1v) is 8.21. The zero-order valence-electron chi connectivity index (χ0n) is 13.4. The van der Waals surface area contributed by atoms with Gasteiger partial charge in [0, 0.05) is 11.4 Å². The van der Waals surface area contributed by atoms with Crippen molar-refractivity contribution in [1.82, 2.24) is 0 Å². The summed E-state index contributed by atoms with van der Waals surface area (Å²) in [7, 11) is 1.50. The molecule has 2 rings (SSSR count). The molecule has 5 nitrogen and oxygen atoms in total. The van der Waals surface area contributed by atoms with Crippen molar-refractivity contribution in [2.75, 3.05) is 12.4 Å². The number of amides is 1. The highest BCUT2D eigenvalue weighted by Crippen LogP contribution is 2.29. The standard InChI is InChI=1S/C17H22ClNO4/c1-11(23-16(20)9-12-5-3-4-6-12)17(21)19-14-10-13(18)7-8-15(14)22-2/h7-8,10-12H,3-6,9H2,1-2H3,(H,19,21)/t11-/m0/s1. The van der Waals surface area contributed by atoms with Crippen molar-refractivity contribution >= 4 is 29.2 Å². The van der Waals surface area contributed by atoms with Gasteiger partial charge in [-0.15, -0.1) is 0 Å². The van der Waals surface area contributed by atoms with Crippen molar-refractivity contribution < 1.29 is 19.1 Å². The van der Waals surface area contributed by atoms with Crippen molar-refractivity contribution in [3.63, 3.8) is 0 Å². The van der Waals surface area contributed by atoms with Crippen LogP contribution in [0.5, 0.6) is 5.75 Å². The predicted molar refractivity (Wildman–Crippen MR) is 88.8 cm³/mol. The number of hydrogen-bond donors (Lipinski definition) is 1. The van der Waals surface area contributed by atoms with Crippen LogP contribution in [0.25, 0.3) is 0 Å². The highest BCUT2D eigenvalue weighted by Gasteiger charge is 2.23. The number of rotatable bonds is 6. The lowest BCUT2D eigenvalue weighted by molar-refractivity contribution is -0.154. The lowest BCUT2D eigenvalue weighted by Crippen LogP contribution is -2.30. The lowest BCUT2D eigenvalue weighted by Gasteiger charge is -2.16. The van der Waals surface area contributed by atoms with Gasteiger partial charge in [-0.3, -0.25) is 9.59 Å². The largest absolute Gasteiger partial charge is 0.495 e. The molecule has 1 saturated carbocycles. The minimum absolute atomic E-state index is 0.322. The van der Waals surface area contributed by atoms with Crippen LogP contribution in [-0.2, 0) is 14.3 Å². The number of anilines is 1. The summed E-state index contributed by atoms with van der Waals surface area (Å²) in [4.78, 5) is 24.1. The van der Waals surface area contributed by atoms with Gasteiger partial charge < -0.3 is 14.8 Å². The van der Waals surface area contributed by atoms with E-state index < -0.39 is 12.0 Å². The third-order valence-electron chi connectivity index (χ3n) is 4.03. The highest BCUT2D eigenvalue weighted by molar-refractivity contribution is 6.31. The Kier molecular flexibility index (Phi) is 6.28. The molecule has 1 aliphatic carbocycles. The summed E-state index contributed by atoms with van der Waals surface area (Å²) in [6.45, 7) is 1.55. The molecule has 0 radical (unpaired) electrons. The van der Waals surface area contributed by atoms with E-state index in [0.717, 1.165) is 12.8 Å². The number of hydrogen-bond acceptors (Lipinski definition) is 4. The van der Waals surface area contributed by atoms with Crippen molar-refractivity contribution in [1.29, 1.82) is 0 Å². The molecular formula is C17H22ClNO4. The van der Waals surface area contributed by atoms with Gasteiger partial charge in [-0.2, -0.15) is 0 Å². The van der Waals surface area contributed by atoms with E-state index in [-0.39, 0.29) is 5.97 Å². The molecule has 126 valence electrons. The van der Waals surface area contributed by atoms with Crippen LogP contribution < -0.4 is 10.1 Å². The fourth-order valence-corrected chi connectivity index (χ4v) is 2.93. The lowest BCUT2D eigenvalue weighted by atomic mass is 10.0. The number of carbonyl (C=O) groups excluding carboxylic acids is 2. The first-order chi connectivity index (χ1) is 11.0. The molecule has 0 unspecified atom stereocenters. The Bertz CT molecular complexity index is 570. The van der Waals surface area contributed by atoms with Crippen LogP contribution in [0.1, 0.15) is 39.0 Å². The molecule has 6 heteroatoms. The summed E-state index contributed by atoms with van der Waals surface area (Å²) in [6, 6.07) is 4.92. The van der Waals surface area contributed by atoms with E-state index in [4.69, 9.17) is 21.1 Å². The van der Waals surface area contributed by atoms with Crippen molar-refractivity contribution in [3.8, 4) is 5.75 Å². The Hall–Kier alpha value is -1.75. The van der Waals surface area contributed by atoms with E-state index in [1.54, 1.807) is 25.1 Å². The predicted octanol–water partition coefficient (Wildman–Crippen LogP) is 3.80. The van der Waals surface area contributed by atoms with Crippen LogP contribution in [0, 0.1) is 5.92 Å². The summed E-state index contributed by atoms with van der Waals surface area (Å²) in [5, 5.41) is 3.15. The molecular weight excluding hydrogens is 318 g/mol. The molecule has 0 saturated heterocycles. The van der Waals surface area contributed by atoms with Crippen LogP contribution in [-0.4, -0.2) is 25.1 Å². The zero-order valence-corrected chi connectivity index (χ0v) is 14.2. The molecule has 1 N–H and O–H groups in total. The van der Waals surface area contributed by atoms with Crippen LogP contribution in [0.2, 0.25) is 5.02 Å². The Morgan fingerprint density at radius 3 is 2.70 bits per heavy atom. The van der Waals surface area contributed by atoms with E-state index in [2.05, 4.69) is 5.32 Å². The maximum absolute atomic E-state index is 12.2. The average molecular weight is 340 g/mol. The summed E-state index contributed by atoms with van der Waals surface area (Å²) in [5.41, 5.74) is 0.448. The molecule has 0 aliphatic heterocycles. The molecule has 23 heavy (non-hydrogen) atoms. The molecule has 1 aromatic rings. The number of benzene rings is 1. The summed E-state index contributed by atoms with van der Waals surface area (Å²) in [5.74, 6) is 0.154. The van der Waals surface area contributed by atoms with Gasteiger partial charge in [0.2, 0.25) is 0 Å². The number of nitrogens with one attached hydrogen (secondary N) is 1. The van der Waals surface area contributed by atoms with Gasteiger partial charge in [-0.25, -0.2) is 0 Å².